The van der Waals surface area contributed by atoms with Crippen LogP contribution in [0, 0.1) is 12.7 Å². The molecule has 1 heterocycles. The second-order valence-electron chi connectivity index (χ2n) is 7.01. The minimum atomic E-state index is -0.435. The summed E-state index contributed by atoms with van der Waals surface area (Å²) in [5, 5.41) is 0.294. The van der Waals surface area contributed by atoms with Gasteiger partial charge >= 0.3 is 0 Å². The number of allylic oxidation sites excluding steroid dienone is 1. The van der Waals surface area contributed by atoms with Gasteiger partial charge in [-0.1, -0.05) is 35.9 Å². The molecule has 1 aliphatic heterocycles. The van der Waals surface area contributed by atoms with Crippen LogP contribution in [-0.4, -0.2) is 12.4 Å². The average Bonchev–Trinajstić information content (AvgIpc) is 3.05. The number of halogens is 2. The van der Waals surface area contributed by atoms with Crippen molar-refractivity contribution in [2.24, 2.45) is 0 Å². The number of para-hydroxylation sites is 1. The molecule has 31 heavy (non-hydrogen) atoms. The van der Waals surface area contributed by atoms with Gasteiger partial charge in [-0.2, -0.15) is 0 Å². The van der Waals surface area contributed by atoms with Gasteiger partial charge in [0.05, 0.1) is 17.2 Å². The van der Waals surface area contributed by atoms with Crippen molar-refractivity contribution in [3.63, 3.8) is 0 Å². The van der Waals surface area contributed by atoms with Crippen LogP contribution in [0.1, 0.15) is 34.0 Å². The first kappa shape index (κ1) is 20.9. The number of benzene rings is 3. The number of aryl methyl sites for hydroxylation is 1. The van der Waals surface area contributed by atoms with E-state index in [1.807, 2.05) is 31.2 Å². The zero-order chi connectivity index (χ0) is 22.0. The molecule has 0 atom stereocenters. The fraction of sp³-hybridized carbons (Fsp3) is 0.160. The molecule has 0 aromatic heterocycles. The number of hydrogen-bond acceptors (Lipinski definition) is 4. The maximum absolute atomic E-state index is 14.0. The second kappa shape index (κ2) is 8.82. The van der Waals surface area contributed by atoms with Crippen LogP contribution in [0.4, 0.5) is 4.39 Å². The molecule has 0 radical (unpaired) electrons. The number of ether oxygens (including phenoxy) is 3. The van der Waals surface area contributed by atoms with Crippen LogP contribution >= 0.6 is 11.6 Å². The standard InChI is InChI=1S/C25H20ClFO4/c1-3-29-21-10-5-4-7-16(21)12-23-25(28)24-15(2)11-17(13-22(24)31-23)30-14-18-19(26)8-6-9-20(18)27/h4-13H,3,14H2,1-2H3/b23-12-. The van der Waals surface area contributed by atoms with Crippen LogP contribution in [0.25, 0.3) is 6.08 Å². The first-order valence-corrected chi connectivity index (χ1v) is 10.2. The van der Waals surface area contributed by atoms with E-state index in [0.717, 1.165) is 5.56 Å². The van der Waals surface area contributed by atoms with E-state index in [2.05, 4.69) is 0 Å². The van der Waals surface area contributed by atoms with Crippen LogP contribution in [0.5, 0.6) is 17.2 Å². The fourth-order valence-corrected chi connectivity index (χ4v) is 3.63. The van der Waals surface area contributed by atoms with E-state index >= 15 is 0 Å². The summed E-state index contributed by atoms with van der Waals surface area (Å²) in [7, 11) is 0. The third-order valence-electron chi connectivity index (χ3n) is 4.89. The number of Topliss-reactive ketones (excluding diaryl/α,β-unsaturated/α-hetero) is 1. The van der Waals surface area contributed by atoms with Crippen molar-refractivity contribution in [2.45, 2.75) is 20.5 Å². The minimum absolute atomic E-state index is 0.0396. The van der Waals surface area contributed by atoms with Crippen molar-refractivity contribution in [3.8, 4) is 17.2 Å². The van der Waals surface area contributed by atoms with E-state index < -0.39 is 5.82 Å². The van der Waals surface area contributed by atoms with Crippen LogP contribution in [0.2, 0.25) is 5.02 Å². The Bertz CT molecular complexity index is 1170. The Hall–Kier alpha value is -3.31. The van der Waals surface area contributed by atoms with Crippen LogP contribution < -0.4 is 14.2 Å². The Morgan fingerprint density at radius 3 is 2.68 bits per heavy atom. The number of rotatable bonds is 6. The Kier molecular flexibility index (Phi) is 5.96. The summed E-state index contributed by atoms with van der Waals surface area (Å²) >= 11 is 6.06. The van der Waals surface area contributed by atoms with Crippen molar-refractivity contribution in [1.82, 2.24) is 0 Å². The van der Waals surface area contributed by atoms with Gasteiger partial charge in [-0.25, -0.2) is 4.39 Å². The molecule has 0 unspecified atom stereocenters. The lowest BCUT2D eigenvalue weighted by atomic mass is 10.0. The number of fused-ring (bicyclic) bond motifs is 1. The van der Waals surface area contributed by atoms with Gasteiger partial charge in [0, 0.05) is 17.2 Å². The first-order valence-electron chi connectivity index (χ1n) is 9.84. The highest BCUT2D eigenvalue weighted by molar-refractivity contribution is 6.31. The maximum atomic E-state index is 14.0. The summed E-state index contributed by atoms with van der Waals surface area (Å²) in [5.74, 6) is 1.10. The van der Waals surface area contributed by atoms with E-state index in [0.29, 0.717) is 40.0 Å². The Morgan fingerprint density at radius 2 is 1.90 bits per heavy atom. The Balaban J connectivity index is 1.60. The van der Waals surface area contributed by atoms with Crippen molar-refractivity contribution >= 4 is 23.5 Å². The summed E-state index contributed by atoms with van der Waals surface area (Å²) in [4.78, 5) is 12.9. The second-order valence-corrected chi connectivity index (χ2v) is 7.42. The number of carbonyl (C=O) groups is 1. The van der Waals surface area contributed by atoms with Crippen molar-refractivity contribution in [2.75, 3.05) is 6.61 Å². The quantitative estimate of drug-likeness (QED) is 0.419. The molecule has 0 bridgehead atoms. The lowest BCUT2D eigenvalue weighted by Crippen LogP contribution is -2.01. The molecule has 3 aromatic rings. The molecule has 1 aliphatic rings. The van der Waals surface area contributed by atoms with Gasteiger partial charge in [0.25, 0.3) is 0 Å². The van der Waals surface area contributed by atoms with Crippen LogP contribution in [0.3, 0.4) is 0 Å². The summed E-state index contributed by atoms with van der Waals surface area (Å²) in [6.07, 6.45) is 1.67. The van der Waals surface area contributed by atoms with Gasteiger partial charge in [0.1, 0.15) is 29.7 Å². The van der Waals surface area contributed by atoms with Crippen LogP contribution in [-0.2, 0) is 6.61 Å². The SMILES string of the molecule is CCOc1ccccc1/C=C1\Oc2cc(OCc3c(F)cccc3Cl)cc(C)c2C1=O. The summed E-state index contributed by atoms with van der Waals surface area (Å²) < 4.78 is 31.2. The Labute approximate surface area is 184 Å². The molecule has 4 nitrogen and oxygen atoms in total. The minimum Gasteiger partial charge on any atom is -0.493 e. The Morgan fingerprint density at radius 1 is 1.10 bits per heavy atom. The predicted octanol–water partition coefficient (Wildman–Crippen LogP) is 6.38. The van der Waals surface area contributed by atoms with Gasteiger partial charge in [-0.3, -0.25) is 4.79 Å². The molecule has 4 rings (SSSR count). The molecule has 0 amide bonds. The lowest BCUT2D eigenvalue weighted by molar-refractivity contribution is 0.101. The monoisotopic (exact) mass is 438 g/mol. The predicted molar refractivity (Wildman–Crippen MR) is 117 cm³/mol. The highest BCUT2D eigenvalue weighted by Crippen LogP contribution is 2.38. The van der Waals surface area contributed by atoms with E-state index in [1.54, 1.807) is 31.2 Å². The van der Waals surface area contributed by atoms with E-state index in [-0.39, 0.29) is 23.7 Å². The molecule has 0 saturated carbocycles. The summed E-state index contributed by atoms with van der Waals surface area (Å²) in [6.45, 7) is 4.18. The zero-order valence-electron chi connectivity index (χ0n) is 17.1. The van der Waals surface area contributed by atoms with Crippen molar-refractivity contribution < 1.29 is 23.4 Å². The van der Waals surface area contributed by atoms with Gasteiger partial charge < -0.3 is 14.2 Å². The van der Waals surface area contributed by atoms with Crippen LogP contribution in [0.15, 0.2) is 60.4 Å². The lowest BCUT2D eigenvalue weighted by Gasteiger charge is -2.11. The van der Waals surface area contributed by atoms with Gasteiger partial charge in [0.2, 0.25) is 5.78 Å². The number of ketones is 1. The van der Waals surface area contributed by atoms with Crippen molar-refractivity contribution in [3.05, 3.63) is 93.5 Å². The van der Waals surface area contributed by atoms with Gasteiger partial charge in [-0.15, -0.1) is 0 Å². The molecule has 6 heteroatoms. The first-order chi connectivity index (χ1) is 15.0. The highest BCUT2D eigenvalue weighted by Gasteiger charge is 2.30. The van der Waals surface area contributed by atoms with E-state index in [4.69, 9.17) is 25.8 Å². The third-order valence-corrected chi connectivity index (χ3v) is 5.25. The van der Waals surface area contributed by atoms with E-state index in [1.165, 1.54) is 12.1 Å². The molecule has 3 aromatic carbocycles. The molecular formula is C25H20ClFO4. The topological polar surface area (TPSA) is 44.8 Å². The largest absolute Gasteiger partial charge is 0.493 e. The number of hydrogen-bond donors (Lipinski definition) is 0. The molecular weight excluding hydrogens is 419 g/mol. The highest BCUT2D eigenvalue weighted by atomic mass is 35.5. The van der Waals surface area contributed by atoms with Gasteiger partial charge in [0.15, 0.2) is 5.76 Å². The summed E-state index contributed by atoms with van der Waals surface area (Å²) in [5.41, 5.74) is 2.21. The molecule has 0 aliphatic carbocycles. The van der Waals surface area contributed by atoms with Gasteiger partial charge in [-0.05, 0) is 49.8 Å². The zero-order valence-corrected chi connectivity index (χ0v) is 17.8. The molecule has 0 saturated heterocycles. The van der Waals surface area contributed by atoms with Crippen molar-refractivity contribution in [1.29, 1.82) is 0 Å². The number of carbonyl (C=O) groups excluding carboxylic acids is 1. The third kappa shape index (κ3) is 4.28. The van der Waals surface area contributed by atoms with E-state index in [9.17, 15) is 9.18 Å². The summed E-state index contributed by atoms with van der Waals surface area (Å²) in [6, 6.07) is 15.3. The fourth-order valence-electron chi connectivity index (χ4n) is 3.41. The normalized spacial score (nSPS) is 13.8. The smallest absolute Gasteiger partial charge is 0.232 e. The molecule has 0 N–H and O–H groups in total. The molecule has 0 spiro atoms. The molecule has 0 fully saturated rings. The average molecular weight is 439 g/mol. The maximum Gasteiger partial charge on any atom is 0.232 e. The molecule has 158 valence electrons.